The van der Waals surface area contributed by atoms with E-state index in [2.05, 4.69) is 16.0 Å². The van der Waals surface area contributed by atoms with E-state index in [1.165, 1.54) is 63.1 Å². The van der Waals surface area contributed by atoms with Crippen LogP contribution in [0, 0.1) is 17.8 Å². The Morgan fingerprint density at radius 2 is 1.20 bits per heavy atom. The summed E-state index contributed by atoms with van der Waals surface area (Å²) in [4.78, 5) is 189. The van der Waals surface area contributed by atoms with Gasteiger partial charge < -0.3 is 64.8 Å². The number of halogens is 7. The van der Waals surface area contributed by atoms with Crippen molar-refractivity contribution in [2.75, 3.05) is 102 Å². The third-order valence-corrected chi connectivity index (χ3v) is 22.1. The van der Waals surface area contributed by atoms with Crippen LogP contribution < -0.4 is 16.0 Å². The van der Waals surface area contributed by atoms with E-state index in [1.54, 1.807) is 18.7 Å². The van der Waals surface area contributed by atoms with Gasteiger partial charge in [-0.3, -0.25) is 57.5 Å². The first-order chi connectivity index (χ1) is 48.9. The van der Waals surface area contributed by atoms with Crippen molar-refractivity contribution in [1.82, 2.24) is 60.0 Å². The second kappa shape index (κ2) is 37.3. The number of benzene rings is 1. The number of carbonyl (C=O) groups is 12. The molecule has 7 rings (SSSR count). The SMILES string of the molecule is CC(C)C[C@H]1C(=O)N[C@@H](COCC(F)(F)F)C(=O)N(C)CC(=O)N(C)CC(=O)N(C)[C@@H](CC2CCCCC2)C(=O)N(C)CC(=O)N[C@@H](CCc2ccc(C(F)(F)F)c(Cl)c2)C(=O)N2CCC[C@H]2C(=O)NC2(CCCC2)C(=O)N(C)[C@@H](C2CCCCC2)C(=O)N(C)[C@H](C(=O)N2CCCCC2)CC(=O)N1C. The van der Waals surface area contributed by atoms with Crippen molar-refractivity contribution in [3.63, 3.8) is 0 Å². The van der Waals surface area contributed by atoms with Crippen LogP contribution in [0.2, 0.25) is 5.02 Å². The van der Waals surface area contributed by atoms with Crippen LogP contribution in [0.3, 0.4) is 0 Å². The van der Waals surface area contributed by atoms with Crippen molar-refractivity contribution in [3.05, 3.63) is 34.3 Å². The first-order valence-electron chi connectivity index (χ1n) is 36.7. The summed E-state index contributed by atoms with van der Waals surface area (Å²) in [5, 5.41) is 7.62. The molecule has 32 heteroatoms. The Balaban J connectivity index is 1.30. The minimum Gasteiger partial charge on any atom is -0.369 e. The lowest BCUT2D eigenvalue weighted by atomic mass is 9.81. The van der Waals surface area contributed by atoms with Gasteiger partial charge in [0.15, 0.2) is 0 Å². The van der Waals surface area contributed by atoms with E-state index in [1.807, 2.05) is 0 Å². The van der Waals surface area contributed by atoms with Crippen LogP contribution >= 0.6 is 11.6 Å². The molecule has 3 heterocycles. The highest BCUT2D eigenvalue weighted by Gasteiger charge is 2.52. The predicted octanol–water partition coefficient (Wildman–Crippen LogP) is 5.96. The van der Waals surface area contributed by atoms with Crippen LogP contribution in [0.1, 0.15) is 173 Å². The second-order valence-electron chi connectivity index (χ2n) is 30.0. The summed E-state index contributed by atoms with van der Waals surface area (Å²) in [5.74, 6) is -10.3. The standard InChI is InChI=1S/C72H107ClF6N12O13/c1-45(2)36-54-62(96)81-52(43-104-44-71(74,75)76)64(98)85(5)41-59(94)83(3)42-60(95)87(7)55(38-46-22-13-10-14-23-46)66(100)84(4)40-57(92)80-51(30-28-47-27-29-49(50(73)37-47)72(77,78)79)65(99)91-35-21-26-53(91)63(97)82-70(31-17-18-32-70)69(103)89(9)61(48-24-15-11-16-25-48)68(102)88(8)56(39-58(93)86(54)6)67(101)90-33-19-12-20-34-90/h27,29,37,45-46,48,51-56,61H,10-26,28,30-36,38-44H2,1-9H3,(H,80,92)(H,81,96)(H,82,97)/t51-,52-,53-,54-,55-,56-,61-/m0/s1. The number of ether oxygens (including phenoxy) is 1. The number of piperidine rings is 1. The number of likely N-dealkylation sites (tertiary alicyclic amines) is 1. The fourth-order valence-corrected chi connectivity index (χ4v) is 16.0. The summed E-state index contributed by atoms with van der Waals surface area (Å²) >= 11 is 6.15. The summed E-state index contributed by atoms with van der Waals surface area (Å²) in [7, 11) is 9.16. The zero-order valence-corrected chi connectivity index (χ0v) is 62.4. The van der Waals surface area contributed by atoms with Crippen LogP contribution in [0.4, 0.5) is 26.3 Å². The third-order valence-electron chi connectivity index (χ3n) is 21.7. The van der Waals surface area contributed by atoms with Crippen molar-refractivity contribution < 1.29 is 88.6 Å². The van der Waals surface area contributed by atoms with E-state index in [4.69, 9.17) is 16.3 Å². The molecule has 7 atom stereocenters. The number of hydrogen-bond donors (Lipinski definition) is 3. The van der Waals surface area contributed by atoms with Crippen LogP contribution in [0.5, 0.6) is 0 Å². The minimum atomic E-state index is -4.89. The van der Waals surface area contributed by atoms with Crippen LogP contribution in [-0.2, 0) is 74.9 Å². The van der Waals surface area contributed by atoms with Gasteiger partial charge in [-0.05, 0) is 119 Å². The molecular weight excluding hydrogens is 1390 g/mol. The van der Waals surface area contributed by atoms with E-state index in [9.17, 15) is 55.1 Å². The Morgan fingerprint density at radius 1 is 0.606 bits per heavy atom. The monoisotopic (exact) mass is 1500 g/mol. The molecule has 6 fully saturated rings. The first kappa shape index (κ1) is 84.0. The van der Waals surface area contributed by atoms with Crippen LogP contribution in [-0.4, -0.2) is 271 Å². The van der Waals surface area contributed by atoms with Gasteiger partial charge in [-0.1, -0.05) is 95.7 Å². The molecule has 1 aromatic rings. The normalized spacial score (nSPS) is 26.2. The van der Waals surface area contributed by atoms with Gasteiger partial charge in [0, 0.05) is 69.0 Å². The lowest BCUT2D eigenvalue weighted by molar-refractivity contribution is -0.177. The predicted molar refractivity (Wildman–Crippen MR) is 371 cm³/mol. The Bertz CT molecular complexity index is 3230. The highest BCUT2D eigenvalue weighted by Crippen LogP contribution is 2.39. The zero-order chi connectivity index (χ0) is 76.7. The number of nitrogens with zero attached hydrogens (tertiary/aromatic N) is 9. The maximum atomic E-state index is 15.8. The molecule has 3 saturated heterocycles. The maximum absolute atomic E-state index is 15.8. The molecule has 1 spiro atoms. The Labute approximate surface area is 610 Å². The molecule has 3 saturated carbocycles. The van der Waals surface area contributed by atoms with Gasteiger partial charge >= 0.3 is 12.4 Å². The summed E-state index contributed by atoms with van der Waals surface area (Å²) < 4.78 is 87.6. The van der Waals surface area contributed by atoms with Crippen LogP contribution in [0.25, 0.3) is 0 Å². The van der Waals surface area contributed by atoms with E-state index < -0.39 is 187 Å². The summed E-state index contributed by atoms with van der Waals surface area (Å²) in [6, 6.07) is -6.99. The molecule has 582 valence electrons. The number of carbonyl (C=O) groups excluding carboxylic acids is 12. The first-order valence-corrected chi connectivity index (χ1v) is 37.1. The number of fused-ring (bicyclic) bond motifs is 1. The quantitative estimate of drug-likeness (QED) is 0.204. The molecular formula is C72H107ClF6N12O13. The van der Waals surface area contributed by atoms with Crippen molar-refractivity contribution in [2.24, 2.45) is 17.8 Å². The number of nitrogens with one attached hydrogen (secondary N) is 3. The average molecular weight is 1500 g/mol. The molecule has 104 heavy (non-hydrogen) atoms. The molecule has 0 bridgehead atoms. The Morgan fingerprint density at radius 3 is 1.81 bits per heavy atom. The van der Waals surface area contributed by atoms with Crippen molar-refractivity contribution in [2.45, 2.75) is 228 Å². The number of rotatable bonds is 12. The Kier molecular flexibility index (Phi) is 30.1. The van der Waals surface area contributed by atoms with E-state index >= 15 is 28.8 Å². The van der Waals surface area contributed by atoms with E-state index in [0.29, 0.717) is 83.7 Å². The number of alkyl halides is 6. The molecule has 1 aromatic carbocycles. The summed E-state index contributed by atoms with van der Waals surface area (Å²) in [6.45, 7) is -1.01. The topological polar surface area (TPSA) is 279 Å². The summed E-state index contributed by atoms with van der Waals surface area (Å²) in [5.41, 5.74) is -2.46. The molecule has 3 N–H and O–H groups in total. The van der Waals surface area contributed by atoms with Gasteiger partial charge in [0.1, 0.15) is 54.4 Å². The lowest BCUT2D eigenvalue weighted by Crippen LogP contribution is -2.65. The van der Waals surface area contributed by atoms with E-state index in [0.717, 1.165) is 75.8 Å². The third kappa shape index (κ3) is 22.2. The second-order valence-corrected chi connectivity index (χ2v) is 30.4. The smallest absolute Gasteiger partial charge is 0.369 e. The molecule has 3 aliphatic heterocycles. The Hall–Kier alpha value is -7.31. The van der Waals surface area contributed by atoms with Gasteiger partial charge in [0.05, 0.1) is 43.2 Å². The maximum Gasteiger partial charge on any atom is 0.417 e. The molecule has 0 unspecified atom stereocenters. The van der Waals surface area contributed by atoms with Gasteiger partial charge in [-0.25, -0.2) is 0 Å². The average Bonchev–Trinajstić information content (AvgIpc) is 1.41. The molecule has 0 aromatic heterocycles. The van der Waals surface area contributed by atoms with Gasteiger partial charge in [-0.15, -0.1) is 0 Å². The van der Waals surface area contributed by atoms with Gasteiger partial charge in [0.25, 0.3) is 0 Å². The number of amides is 12. The molecule has 0 radical (unpaired) electrons. The summed E-state index contributed by atoms with van der Waals surface area (Å²) in [6.07, 6.45) is 0.189. The zero-order valence-electron chi connectivity index (χ0n) is 61.6. The van der Waals surface area contributed by atoms with Crippen molar-refractivity contribution >= 4 is 82.5 Å². The fraction of sp³-hybridized carbons (Fsp3) is 0.750. The largest absolute Gasteiger partial charge is 0.417 e. The molecule has 12 amide bonds. The number of hydrogen-bond acceptors (Lipinski definition) is 13. The highest BCUT2D eigenvalue weighted by atomic mass is 35.5. The number of aryl methyl sites for hydroxylation is 1. The minimum absolute atomic E-state index is 0.00345. The molecule has 25 nitrogen and oxygen atoms in total. The fourth-order valence-electron chi connectivity index (χ4n) is 15.7. The molecule has 6 aliphatic rings. The number of likely N-dealkylation sites (N-methyl/N-ethyl adjacent to an activating group) is 7. The van der Waals surface area contributed by atoms with Gasteiger partial charge in [0.2, 0.25) is 70.9 Å². The molecule has 3 aliphatic carbocycles. The van der Waals surface area contributed by atoms with Crippen LogP contribution in [0.15, 0.2) is 18.2 Å². The van der Waals surface area contributed by atoms with Crippen molar-refractivity contribution in [3.8, 4) is 0 Å². The van der Waals surface area contributed by atoms with E-state index in [-0.39, 0.29) is 68.9 Å². The van der Waals surface area contributed by atoms with Gasteiger partial charge in [-0.2, -0.15) is 26.3 Å². The lowest BCUT2D eigenvalue weighted by Gasteiger charge is -2.43. The highest BCUT2D eigenvalue weighted by molar-refractivity contribution is 6.31. The van der Waals surface area contributed by atoms with Crippen molar-refractivity contribution in [1.29, 1.82) is 0 Å².